The van der Waals surface area contributed by atoms with Gasteiger partial charge in [0.05, 0.1) is 12.2 Å². The molecule has 0 amide bonds. The number of rotatable bonds is 6. The fourth-order valence-corrected chi connectivity index (χ4v) is 3.72. The zero-order valence-corrected chi connectivity index (χ0v) is 16.9. The minimum Gasteiger partial charge on any atom is -0.463 e. The van der Waals surface area contributed by atoms with Crippen molar-refractivity contribution in [3.05, 3.63) is 63.8 Å². The average molecular weight is 439 g/mol. The maximum Gasteiger partial charge on any atom is 0.297 e. The van der Waals surface area contributed by atoms with E-state index in [0.29, 0.717) is 33.6 Å². The summed E-state index contributed by atoms with van der Waals surface area (Å²) in [6.45, 7) is 1.17. The molecule has 156 valence electrons. The molecule has 10 nitrogen and oxygen atoms in total. The molecule has 0 N–H and O–H groups in total. The molecule has 0 saturated carbocycles. The summed E-state index contributed by atoms with van der Waals surface area (Å²) in [7, 11) is 0. The van der Waals surface area contributed by atoms with Crippen molar-refractivity contribution in [2.24, 2.45) is 0 Å². The molecule has 31 heavy (non-hydrogen) atoms. The smallest absolute Gasteiger partial charge is 0.297 e. The third-order valence-electron chi connectivity index (χ3n) is 4.48. The molecule has 12 heteroatoms. The number of benzene rings is 1. The number of fused-ring (bicyclic) bond motifs is 1. The van der Waals surface area contributed by atoms with Crippen LogP contribution in [0.2, 0.25) is 0 Å². The maximum atomic E-state index is 12.2. The van der Waals surface area contributed by atoms with Crippen LogP contribution in [-0.4, -0.2) is 41.2 Å². The van der Waals surface area contributed by atoms with Crippen LogP contribution in [0.3, 0.4) is 0 Å². The van der Waals surface area contributed by atoms with Gasteiger partial charge in [-0.25, -0.2) is 19.0 Å². The highest BCUT2D eigenvalue weighted by Crippen LogP contribution is 2.23. The predicted octanol–water partition coefficient (Wildman–Crippen LogP) is 2.73. The normalized spacial score (nSPS) is 11.3. The topological polar surface area (TPSA) is 113 Å². The van der Waals surface area contributed by atoms with E-state index in [2.05, 4.69) is 25.2 Å². The van der Waals surface area contributed by atoms with Gasteiger partial charge in [0, 0.05) is 23.2 Å². The molecule has 4 aromatic heterocycles. The van der Waals surface area contributed by atoms with Crippen molar-refractivity contribution in [3.8, 4) is 28.9 Å². The number of alkyl halides is 1. The lowest BCUT2D eigenvalue weighted by Crippen LogP contribution is -2.15. The highest BCUT2D eigenvalue weighted by atomic mass is 32.1. The van der Waals surface area contributed by atoms with E-state index >= 15 is 0 Å². The van der Waals surface area contributed by atoms with Gasteiger partial charge in [-0.05, 0) is 31.2 Å². The standard InChI is InChI=1S/C19H14FN7O3S/c1-11-21-17(18-23-16(25-30-18)12-2-4-14(5-3-12)29-10-20)24-27(11)9-13-8-15(28)26-6-7-31-19(26)22-13/h2-8H,9-10H2,1H3. The molecule has 0 unspecified atom stereocenters. The van der Waals surface area contributed by atoms with Gasteiger partial charge in [0.1, 0.15) is 11.6 Å². The molecule has 0 atom stereocenters. The summed E-state index contributed by atoms with van der Waals surface area (Å²) in [5.41, 5.74) is 1.10. The molecule has 0 fully saturated rings. The van der Waals surface area contributed by atoms with Crippen LogP contribution in [0.15, 0.2) is 51.2 Å². The number of aryl methyl sites for hydroxylation is 1. The Kier molecular flexibility index (Phi) is 4.75. The largest absolute Gasteiger partial charge is 0.463 e. The van der Waals surface area contributed by atoms with Crippen molar-refractivity contribution in [2.75, 3.05) is 6.86 Å². The van der Waals surface area contributed by atoms with E-state index in [1.807, 2.05) is 0 Å². The number of aromatic nitrogens is 7. The summed E-state index contributed by atoms with van der Waals surface area (Å²) in [4.78, 5) is 26.0. The third kappa shape index (κ3) is 3.68. The molecule has 5 rings (SSSR count). The van der Waals surface area contributed by atoms with Crippen molar-refractivity contribution in [3.63, 3.8) is 0 Å². The molecule has 0 saturated heterocycles. The molecule has 0 radical (unpaired) electrons. The molecular weight excluding hydrogens is 425 g/mol. The molecule has 0 aliphatic rings. The fourth-order valence-electron chi connectivity index (χ4n) is 2.98. The van der Waals surface area contributed by atoms with Crippen LogP contribution in [0, 0.1) is 6.92 Å². The molecular formula is C19H14FN7O3S. The van der Waals surface area contributed by atoms with Crippen molar-refractivity contribution >= 4 is 16.3 Å². The Balaban J connectivity index is 1.39. The van der Waals surface area contributed by atoms with Crippen molar-refractivity contribution < 1.29 is 13.7 Å². The molecule has 0 bridgehead atoms. The lowest BCUT2D eigenvalue weighted by atomic mass is 10.2. The Hall–Kier alpha value is -3.93. The van der Waals surface area contributed by atoms with Crippen molar-refractivity contribution in [1.29, 1.82) is 0 Å². The van der Waals surface area contributed by atoms with Crippen LogP contribution in [-0.2, 0) is 6.54 Å². The highest BCUT2D eigenvalue weighted by Gasteiger charge is 2.17. The molecule has 0 aliphatic heterocycles. The van der Waals surface area contributed by atoms with Gasteiger partial charge < -0.3 is 9.26 Å². The number of ether oxygens (including phenoxy) is 1. The minimum absolute atomic E-state index is 0.149. The van der Waals surface area contributed by atoms with Gasteiger partial charge in [-0.3, -0.25) is 9.20 Å². The third-order valence-corrected chi connectivity index (χ3v) is 5.23. The van der Waals surface area contributed by atoms with E-state index in [1.165, 1.54) is 21.8 Å². The molecule has 5 aromatic rings. The van der Waals surface area contributed by atoms with Crippen LogP contribution in [0.5, 0.6) is 5.75 Å². The zero-order valence-electron chi connectivity index (χ0n) is 16.1. The zero-order chi connectivity index (χ0) is 21.4. The van der Waals surface area contributed by atoms with Crippen LogP contribution in [0.4, 0.5) is 4.39 Å². The van der Waals surface area contributed by atoms with Crippen LogP contribution < -0.4 is 10.3 Å². The Bertz CT molecular complexity index is 1420. The van der Waals surface area contributed by atoms with Gasteiger partial charge in [-0.15, -0.1) is 16.4 Å². The number of hydrogen-bond donors (Lipinski definition) is 0. The summed E-state index contributed by atoms with van der Waals surface area (Å²) >= 11 is 1.38. The van der Waals surface area contributed by atoms with E-state index in [0.717, 1.165) is 0 Å². The maximum absolute atomic E-state index is 12.2. The number of thiazole rings is 1. The Morgan fingerprint density at radius 1 is 1.16 bits per heavy atom. The second kappa shape index (κ2) is 7.72. The first-order valence-electron chi connectivity index (χ1n) is 9.11. The lowest BCUT2D eigenvalue weighted by molar-refractivity contribution is 0.192. The van der Waals surface area contributed by atoms with E-state index in [9.17, 15) is 9.18 Å². The Morgan fingerprint density at radius 3 is 2.81 bits per heavy atom. The second-order valence-electron chi connectivity index (χ2n) is 6.48. The predicted molar refractivity (Wildman–Crippen MR) is 109 cm³/mol. The number of hydrogen-bond acceptors (Lipinski definition) is 9. The van der Waals surface area contributed by atoms with Crippen LogP contribution >= 0.6 is 11.3 Å². The summed E-state index contributed by atoms with van der Waals surface area (Å²) in [6.07, 6.45) is 1.69. The summed E-state index contributed by atoms with van der Waals surface area (Å²) in [5, 5.41) is 10.2. The average Bonchev–Trinajstić information content (AvgIpc) is 3.49. The minimum atomic E-state index is -0.898. The number of nitrogens with zero attached hydrogens (tertiary/aromatic N) is 7. The SMILES string of the molecule is Cc1nc(-c2nc(-c3ccc(OCF)cc3)no2)nn1Cc1cc(=O)n2ccsc2n1. The van der Waals surface area contributed by atoms with E-state index in [4.69, 9.17) is 9.26 Å². The summed E-state index contributed by atoms with van der Waals surface area (Å²) in [5.74, 6) is 1.77. The first-order chi connectivity index (χ1) is 15.1. The lowest BCUT2D eigenvalue weighted by Gasteiger charge is -2.02. The first-order valence-corrected chi connectivity index (χ1v) is 9.99. The van der Waals surface area contributed by atoms with Gasteiger partial charge in [-0.2, -0.15) is 4.98 Å². The van der Waals surface area contributed by atoms with Gasteiger partial charge >= 0.3 is 0 Å². The van der Waals surface area contributed by atoms with Gasteiger partial charge in [0.25, 0.3) is 11.4 Å². The van der Waals surface area contributed by atoms with Gasteiger partial charge in [0.15, 0.2) is 4.96 Å². The fraction of sp³-hybridized carbons (Fsp3) is 0.158. The summed E-state index contributed by atoms with van der Waals surface area (Å²) in [6, 6.07) is 8.09. The van der Waals surface area contributed by atoms with Crippen molar-refractivity contribution in [2.45, 2.75) is 13.5 Å². The second-order valence-corrected chi connectivity index (χ2v) is 7.36. The van der Waals surface area contributed by atoms with Gasteiger partial charge in [0.2, 0.25) is 18.5 Å². The van der Waals surface area contributed by atoms with E-state index < -0.39 is 6.86 Å². The van der Waals surface area contributed by atoms with E-state index in [1.54, 1.807) is 47.4 Å². The Labute approximate surface area is 177 Å². The Morgan fingerprint density at radius 2 is 2.00 bits per heavy atom. The van der Waals surface area contributed by atoms with Gasteiger partial charge in [-0.1, -0.05) is 5.16 Å². The number of halogens is 1. The van der Waals surface area contributed by atoms with E-state index in [-0.39, 0.29) is 23.8 Å². The molecule has 0 aliphatic carbocycles. The monoisotopic (exact) mass is 439 g/mol. The summed E-state index contributed by atoms with van der Waals surface area (Å²) < 4.78 is 25.4. The quantitative estimate of drug-likeness (QED) is 0.397. The first kappa shape index (κ1) is 19.1. The van der Waals surface area contributed by atoms with Crippen LogP contribution in [0.1, 0.15) is 11.5 Å². The molecule has 4 heterocycles. The molecule has 0 spiro atoms. The van der Waals surface area contributed by atoms with Crippen molar-refractivity contribution in [1.82, 2.24) is 34.3 Å². The highest BCUT2D eigenvalue weighted by molar-refractivity contribution is 7.15. The van der Waals surface area contributed by atoms with Crippen LogP contribution in [0.25, 0.3) is 28.1 Å². The molecule has 1 aromatic carbocycles.